The molecule has 6 heteroatoms. The summed E-state index contributed by atoms with van der Waals surface area (Å²) in [7, 11) is 1.56. The number of ether oxygens (including phenoxy) is 1. The van der Waals surface area contributed by atoms with Crippen LogP contribution >= 0.6 is 11.6 Å². The maximum atomic E-state index is 13.1. The van der Waals surface area contributed by atoms with Gasteiger partial charge >= 0.3 is 0 Å². The van der Waals surface area contributed by atoms with Gasteiger partial charge < -0.3 is 9.64 Å². The summed E-state index contributed by atoms with van der Waals surface area (Å²) < 4.78 is 18.3. The lowest BCUT2D eigenvalue weighted by Gasteiger charge is -2.44. The number of halogens is 2. The zero-order chi connectivity index (χ0) is 21.0. The van der Waals surface area contributed by atoms with Gasteiger partial charge in [-0.05, 0) is 55.3 Å². The Hall–Kier alpha value is -2.37. The second kappa shape index (κ2) is 9.42. The topological polar surface area (TPSA) is 32.8 Å². The van der Waals surface area contributed by atoms with E-state index < -0.39 is 0 Å². The van der Waals surface area contributed by atoms with Gasteiger partial charge in [-0.25, -0.2) is 4.39 Å². The summed E-state index contributed by atoms with van der Waals surface area (Å²) in [5, 5.41) is 0.538. The van der Waals surface area contributed by atoms with Crippen molar-refractivity contribution in [3.63, 3.8) is 0 Å². The third-order valence-corrected chi connectivity index (χ3v) is 5.60. The largest absolute Gasteiger partial charge is 0.495 e. The molecule has 1 heterocycles. The van der Waals surface area contributed by atoms with Gasteiger partial charge in [0.2, 0.25) is 5.91 Å². The molecule has 1 aliphatic heterocycles. The maximum Gasteiger partial charge on any atom is 0.246 e. The first-order valence-corrected chi connectivity index (χ1v) is 10.1. The third-order valence-electron chi connectivity index (χ3n) is 5.29. The molecule has 0 spiro atoms. The molecule has 3 rings (SSSR count). The summed E-state index contributed by atoms with van der Waals surface area (Å²) in [4.78, 5) is 17.0. The second-order valence-corrected chi connectivity index (χ2v) is 7.88. The van der Waals surface area contributed by atoms with E-state index in [4.69, 9.17) is 16.3 Å². The van der Waals surface area contributed by atoms with Crippen LogP contribution in [0.25, 0.3) is 6.08 Å². The Morgan fingerprint density at radius 1 is 1.17 bits per heavy atom. The van der Waals surface area contributed by atoms with E-state index in [0.717, 1.165) is 24.2 Å². The number of carbonyl (C=O) groups excluding carboxylic acids is 1. The van der Waals surface area contributed by atoms with Crippen molar-refractivity contribution >= 4 is 23.6 Å². The number of nitrogens with zero attached hydrogens (tertiary/aromatic N) is 2. The predicted octanol–water partition coefficient (Wildman–Crippen LogP) is 4.62. The molecule has 0 saturated carbocycles. The number of rotatable bonds is 5. The Kier molecular flexibility index (Phi) is 6.93. The number of carbonyl (C=O) groups is 1. The van der Waals surface area contributed by atoms with Crippen molar-refractivity contribution in [3.8, 4) is 5.75 Å². The number of hydrogen-bond donors (Lipinski definition) is 0. The van der Waals surface area contributed by atoms with Crippen LogP contribution in [-0.2, 0) is 11.3 Å². The number of amides is 1. The van der Waals surface area contributed by atoms with Crippen LogP contribution in [0.4, 0.5) is 4.39 Å². The second-order valence-electron chi connectivity index (χ2n) is 7.47. The lowest BCUT2D eigenvalue weighted by atomic mass is 10.1. The van der Waals surface area contributed by atoms with Gasteiger partial charge in [0.15, 0.2) is 0 Å². The van der Waals surface area contributed by atoms with E-state index >= 15 is 0 Å². The molecule has 4 nitrogen and oxygen atoms in total. The van der Waals surface area contributed by atoms with E-state index in [1.54, 1.807) is 31.4 Å². The highest BCUT2D eigenvalue weighted by molar-refractivity contribution is 6.32. The number of methoxy groups -OCH3 is 1. The molecule has 1 aliphatic rings. The van der Waals surface area contributed by atoms with Crippen LogP contribution in [0.1, 0.15) is 25.0 Å². The number of benzene rings is 2. The highest BCUT2D eigenvalue weighted by Gasteiger charge is 2.30. The molecule has 29 heavy (non-hydrogen) atoms. The first-order chi connectivity index (χ1) is 13.9. The van der Waals surface area contributed by atoms with Gasteiger partial charge in [0.05, 0.1) is 12.1 Å². The van der Waals surface area contributed by atoms with E-state index in [2.05, 4.69) is 18.7 Å². The zero-order valence-electron chi connectivity index (χ0n) is 16.9. The van der Waals surface area contributed by atoms with Crippen molar-refractivity contribution in [1.82, 2.24) is 9.80 Å². The fraction of sp³-hybridized carbons (Fsp3) is 0.348. The average Bonchev–Trinajstić information content (AvgIpc) is 2.71. The van der Waals surface area contributed by atoms with Gasteiger partial charge in [0.25, 0.3) is 0 Å². The maximum absolute atomic E-state index is 13.1. The van der Waals surface area contributed by atoms with Crippen molar-refractivity contribution in [1.29, 1.82) is 0 Å². The van der Waals surface area contributed by atoms with Gasteiger partial charge in [0, 0.05) is 37.8 Å². The van der Waals surface area contributed by atoms with E-state index in [9.17, 15) is 9.18 Å². The van der Waals surface area contributed by atoms with E-state index in [-0.39, 0.29) is 23.8 Å². The monoisotopic (exact) mass is 416 g/mol. The Morgan fingerprint density at radius 3 is 2.59 bits per heavy atom. The summed E-state index contributed by atoms with van der Waals surface area (Å²) in [6.45, 7) is 6.33. The summed E-state index contributed by atoms with van der Waals surface area (Å²) in [5.74, 6) is 0.341. The Labute approximate surface area is 176 Å². The first-order valence-electron chi connectivity index (χ1n) is 9.68. The van der Waals surface area contributed by atoms with E-state index in [0.29, 0.717) is 17.3 Å². The standard InChI is InChI=1S/C23H26ClFN2O2/c1-16-14-27(17(2)13-26(16)15-19-4-8-20(25)9-5-19)23(28)11-7-18-6-10-21(24)22(12-18)29-3/h4-12,16-17H,13-15H2,1-3H3/t16-,17+/m1/s1. The van der Waals surface area contributed by atoms with Crippen LogP contribution < -0.4 is 4.74 Å². The molecule has 154 valence electrons. The molecule has 1 amide bonds. The minimum atomic E-state index is -0.226. The molecule has 0 aliphatic carbocycles. The molecule has 2 atom stereocenters. The Balaban J connectivity index is 1.63. The van der Waals surface area contributed by atoms with Crippen molar-refractivity contribution < 1.29 is 13.9 Å². The fourth-order valence-electron chi connectivity index (χ4n) is 3.59. The summed E-state index contributed by atoms with van der Waals surface area (Å²) in [5.41, 5.74) is 1.93. The highest BCUT2D eigenvalue weighted by atomic mass is 35.5. The van der Waals surface area contributed by atoms with Gasteiger partial charge in [-0.2, -0.15) is 0 Å². The molecular weight excluding hydrogens is 391 g/mol. The van der Waals surface area contributed by atoms with Gasteiger partial charge in [-0.1, -0.05) is 29.8 Å². The summed E-state index contributed by atoms with van der Waals surface area (Å²) >= 11 is 6.05. The minimum absolute atomic E-state index is 0.0142. The van der Waals surface area contributed by atoms with E-state index in [1.165, 1.54) is 12.1 Å². The first kappa shape index (κ1) is 21.3. The lowest BCUT2D eigenvalue weighted by Crippen LogP contribution is -2.57. The third kappa shape index (κ3) is 5.37. The van der Waals surface area contributed by atoms with Crippen LogP contribution in [0.3, 0.4) is 0 Å². The quantitative estimate of drug-likeness (QED) is 0.666. The summed E-state index contributed by atoms with van der Waals surface area (Å²) in [6.07, 6.45) is 3.38. The van der Waals surface area contributed by atoms with Gasteiger partial charge in [-0.3, -0.25) is 9.69 Å². The number of hydrogen-bond acceptors (Lipinski definition) is 3. The van der Waals surface area contributed by atoms with Crippen LogP contribution in [0.2, 0.25) is 5.02 Å². The molecule has 0 aromatic heterocycles. The Bertz CT molecular complexity index is 885. The van der Waals surface area contributed by atoms with Gasteiger partial charge in [0.1, 0.15) is 11.6 Å². The van der Waals surface area contributed by atoms with Crippen molar-refractivity contribution in [2.24, 2.45) is 0 Å². The normalized spacial score (nSPS) is 20.2. The van der Waals surface area contributed by atoms with E-state index in [1.807, 2.05) is 23.1 Å². The fourth-order valence-corrected chi connectivity index (χ4v) is 3.79. The number of piperazine rings is 1. The van der Waals surface area contributed by atoms with Crippen LogP contribution in [0.5, 0.6) is 5.75 Å². The zero-order valence-corrected chi connectivity index (χ0v) is 17.7. The average molecular weight is 417 g/mol. The Morgan fingerprint density at radius 2 is 1.90 bits per heavy atom. The lowest BCUT2D eigenvalue weighted by molar-refractivity contribution is -0.131. The summed E-state index contributed by atoms with van der Waals surface area (Å²) in [6, 6.07) is 12.3. The molecule has 0 N–H and O–H groups in total. The van der Waals surface area contributed by atoms with Gasteiger partial charge in [-0.15, -0.1) is 0 Å². The van der Waals surface area contributed by atoms with Crippen molar-refractivity contribution in [2.45, 2.75) is 32.5 Å². The molecule has 2 aromatic rings. The van der Waals surface area contributed by atoms with Crippen molar-refractivity contribution in [3.05, 3.63) is 70.5 Å². The SMILES string of the molecule is COc1cc(C=CC(=O)N2C[C@@H](C)N(Cc3ccc(F)cc3)C[C@@H]2C)ccc1Cl. The molecule has 0 unspecified atom stereocenters. The van der Waals surface area contributed by atoms with Crippen LogP contribution in [-0.4, -0.2) is 48.0 Å². The molecule has 0 bridgehead atoms. The smallest absolute Gasteiger partial charge is 0.246 e. The van der Waals surface area contributed by atoms with Crippen LogP contribution in [0.15, 0.2) is 48.5 Å². The predicted molar refractivity (Wildman–Crippen MR) is 114 cm³/mol. The highest BCUT2D eigenvalue weighted by Crippen LogP contribution is 2.26. The molecule has 2 aromatic carbocycles. The molecule has 1 saturated heterocycles. The molecular formula is C23H26ClFN2O2. The molecule has 1 fully saturated rings. The minimum Gasteiger partial charge on any atom is -0.495 e. The van der Waals surface area contributed by atoms with Crippen LogP contribution in [0, 0.1) is 5.82 Å². The van der Waals surface area contributed by atoms with Crippen molar-refractivity contribution in [2.75, 3.05) is 20.2 Å². The molecule has 0 radical (unpaired) electrons.